The first-order chi connectivity index (χ1) is 18.7. The number of carbonyl (C=O) groups excluding carboxylic acids is 1. The number of benzene rings is 3. The molecule has 1 amide bonds. The fraction of sp³-hybridized carbons (Fsp3) is 0.424. The van der Waals surface area contributed by atoms with Crippen LogP contribution in [0.25, 0.3) is 0 Å². The largest absolute Gasteiger partial charge is 0.354 e. The van der Waals surface area contributed by atoms with Gasteiger partial charge in [0.25, 0.3) is 0 Å². The lowest BCUT2D eigenvalue weighted by molar-refractivity contribution is -0.122. The van der Waals surface area contributed by atoms with E-state index in [2.05, 4.69) is 124 Å². The van der Waals surface area contributed by atoms with Crippen LogP contribution in [0.4, 0.5) is 0 Å². The van der Waals surface area contributed by atoms with Gasteiger partial charge in [-0.25, -0.2) is 0 Å². The van der Waals surface area contributed by atoms with E-state index in [-0.39, 0.29) is 10.7 Å². The Morgan fingerprint density at radius 2 is 1.26 bits per heavy atom. The maximum Gasteiger partial charge on any atom is 0.234 e. The van der Waals surface area contributed by atoms with Crippen LogP contribution in [0.1, 0.15) is 62.1 Å². The molecule has 204 valence electrons. The molecule has 3 aromatic carbocycles. The number of amides is 1. The van der Waals surface area contributed by atoms with Crippen LogP contribution in [-0.2, 0) is 9.54 Å². The number of rotatable bonds is 18. The van der Waals surface area contributed by atoms with E-state index in [0.29, 0.717) is 13.1 Å². The summed E-state index contributed by atoms with van der Waals surface area (Å²) in [6.45, 7) is 5.30. The zero-order valence-corrected chi connectivity index (χ0v) is 25.2. The van der Waals surface area contributed by atoms with Gasteiger partial charge in [0.15, 0.2) is 0 Å². The molecule has 38 heavy (non-hydrogen) atoms. The first kappa shape index (κ1) is 30.5. The van der Waals surface area contributed by atoms with Gasteiger partial charge in [-0.15, -0.1) is 11.8 Å². The lowest BCUT2D eigenvalue weighted by atomic mass is 9.84. The number of unbranched alkanes of at least 4 members (excludes halogenated alkanes) is 4. The summed E-state index contributed by atoms with van der Waals surface area (Å²) in [6, 6.07) is 32.2. The van der Waals surface area contributed by atoms with Crippen LogP contribution in [0.15, 0.2) is 91.0 Å². The van der Waals surface area contributed by atoms with Gasteiger partial charge in [-0.05, 0) is 49.0 Å². The van der Waals surface area contributed by atoms with E-state index in [9.17, 15) is 4.79 Å². The smallest absolute Gasteiger partial charge is 0.234 e. The van der Waals surface area contributed by atoms with Gasteiger partial charge in [-0.1, -0.05) is 133 Å². The van der Waals surface area contributed by atoms with Gasteiger partial charge in [0, 0.05) is 17.6 Å². The van der Waals surface area contributed by atoms with Crippen molar-refractivity contribution in [3.05, 3.63) is 108 Å². The average molecular weight is 596 g/mol. The molecule has 0 spiro atoms. The maximum absolute atomic E-state index is 12.9. The molecule has 5 heteroatoms. The van der Waals surface area contributed by atoms with Gasteiger partial charge in [-0.3, -0.25) is 9.69 Å². The zero-order chi connectivity index (χ0) is 26.9. The third-order valence-corrected chi connectivity index (χ3v) is 8.91. The van der Waals surface area contributed by atoms with Crippen molar-refractivity contribution < 1.29 is 4.79 Å². The number of hydrogen-bond acceptors (Lipinski definition) is 3. The Labute approximate surface area is 242 Å². The van der Waals surface area contributed by atoms with Crippen molar-refractivity contribution in [2.75, 3.05) is 37.3 Å². The third-order valence-electron chi connectivity index (χ3n) is 6.80. The van der Waals surface area contributed by atoms with Crippen LogP contribution in [0.5, 0.6) is 0 Å². The van der Waals surface area contributed by atoms with E-state index in [1.807, 2.05) is 11.8 Å². The molecule has 0 aliphatic rings. The molecule has 0 aliphatic heterocycles. The molecular formula is C33H43BrN2OS. The minimum Gasteiger partial charge on any atom is -0.354 e. The number of alkyl halides is 1. The predicted molar refractivity (Wildman–Crippen MR) is 168 cm³/mol. The van der Waals surface area contributed by atoms with Crippen LogP contribution >= 0.6 is 27.7 Å². The summed E-state index contributed by atoms with van der Waals surface area (Å²) in [5.74, 6) is 0.939. The van der Waals surface area contributed by atoms with Gasteiger partial charge in [-0.2, -0.15) is 0 Å². The number of hydrogen-bond donors (Lipinski definition) is 1. The highest BCUT2D eigenvalue weighted by Gasteiger charge is 2.36. The minimum absolute atomic E-state index is 0.128. The number of nitrogens with one attached hydrogen (secondary N) is 1. The summed E-state index contributed by atoms with van der Waals surface area (Å²) in [7, 11) is 0. The molecule has 0 fully saturated rings. The number of thioether (sulfide) groups is 1. The molecule has 3 rings (SSSR count). The molecule has 3 nitrogen and oxygen atoms in total. The summed E-state index contributed by atoms with van der Waals surface area (Å²) < 4.78 is -0.350. The Kier molecular flexibility index (Phi) is 14.0. The molecule has 0 heterocycles. The Hall–Kier alpha value is -2.08. The second-order valence-electron chi connectivity index (χ2n) is 9.71. The fourth-order valence-electron chi connectivity index (χ4n) is 4.97. The van der Waals surface area contributed by atoms with E-state index in [4.69, 9.17) is 0 Å². The second kappa shape index (κ2) is 17.5. The summed E-state index contributed by atoms with van der Waals surface area (Å²) in [4.78, 5) is 15.2. The van der Waals surface area contributed by atoms with E-state index in [1.54, 1.807) is 0 Å². The number of nitrogens with zero attached hydrogens (tertiary/aromatic N) is 1. The quantitative estimate of drug-likeness (QED) is 0.0923. The third kappa shape index (κ3) is 9.29. The monoisotopic (exact) mass is 594 g/mol. The van der Waals surface area contributed by atoms with Crippen molar-refractivity contribution >= 4 is 33.6 Å². The van der Waals surface area contributed by atoms with Gasteiger partial charge >= 0.3 is 0 Å². The number of carbonyl (C=O) groups is 1. The van der Waals surface area contributed by atoms with Gasteiger partial charge < -0.3 is 5.32 Å². The van der Waals surface area contributed by atoms with E-state index >= 15 is 0 Å². The highest BCUT2D eigenvalue weighted by Crippen LogP contribution is 2.48. The van der Waals surface area contributed by atoms with E-state index < -0.39 is 0 Å². The summed E-state index contributed by atoms with van der Waals surface area (Å²) in [6.07, 6.45) is 7.29. The van der Waals surface area contributed by atoms with Crippen LogP contribution in [0.2, 0.25) is 0 Å². The minimum atomic E-state index is -0.350. The molecule has 0 saturated carbocycles. The van der Waals surface area contributed by atoms with Crippen molar-refractivity contribution in [1.29, 1.82) is 0 Å². The SMILES string of the molecule is CCCN(CCCCCCCBr)CC(=O)NCCSC(c1ccccc1)(c1ccccc1)c1ccccc1. The topological polar surface area (TPSA) is 32.3 Å². The summed E-state index contributed by atoms with van der Waals surface area (Å²) in [5, 5.41) is 4.30. The molecule has 0 unspecified atom stereocenters. The van der Waals surface area contributed by atoms with Gasteiger partial charge in [0.2, 0.25) is 5.91 Å². The summed E-state index contributed by atoms with van der Waals surface area (Å²) >= 11 is 5.40. The molecule has 0 saturated heterocycles. The Bertz CT molecular complexity index is 936. The van der Waals surface area contributed by atoms with E-state index in [0.717, 1.165) is 30.6 Å². The zero-order valence-electron chi connectivity index (χ0n) is 22.8. The standard InChI is InChI=1S/C33H43BrN2OS/c1-2-25-36(26-16-5-3-4-15-23-34)28-32(37)35-24-27-38-33(29-17-9-6-10-18-29,30-19-11-7-12-20-30)31-21-13-8-14-22-31/h6-14,17-22H,2-5,15-16,23-28H2,1H3,(H,35,37). The first-order valence-electron chi connectivity index (χ1n) is 14.1. The first-order valence-corrected chi connectivity index (χ1v) is 16.2. The normalized spacial score (nSPS) is 11.6. The molecule has 0 aromatic heterocycles. The van der Waals surface area contributed by atoms with Gasteiger partial charge in [0.05, 0.1) is 11.3 Å². The van der Waals surface area contributed by atoms with Crippen LogP contribution in [-0.4, -0.2) is 48.1 Å². The van der Waals surface area contributed by atoms with Crippen molar-refractivity contribution in [3.63, 3.8) is 0 Å². The van der Waals surface area contributed by atoms with E-state index in [1.165, 1.54) is 48.8 Å². The molecule has 0 aliphatic carbocycles. The van der Waals surface area contributed by atoms with Crippen molar-refractivity contribution in [2.45, 2.75) is 50.2 Å². The Morgan fingerprint density at radius 3 is 1.76 bits per heavy atom. The molecule has 0 atom stereocenters. The van der Waals surface area contributed by atoms with Crippen molar-refractivity contribution in [1.82, 2.24) is 10.2 Å². The molecule has 0 bridgehead atoms. The summed E-state index contributed by atoms with van der Waals surface area (Å²) in [5.41, 5.74) is 3.75. The van der Waals surface area contributed by atoms with Crippen LogP contribution < -0.4 is 5.32 Å². The average Bonchev–Trinajstić information content (AvgIpc) is 2.96. The Balaban J connectivity index is 1.63. The van der Waals surface area contributed by atoms with Crippen molar-refractivity contribution in [3.8, 4) is 0 Å². The lowest BCUT2D eigenvalue weighted by Crippen LogP contribution is -2.39. The highest BCUT2D eigenvalue weighted by molar-refractivity contribution is 9.09. The molecule has 0 radical (unpaired) electrons. The number of halogens is 1. The molecular weight excluding hydrogens is 552 g/mol. The maximum atomic E-state index is 12.9. The molecule has 3 aromatic rings. The molecule has 1 N–H and O–H groups in total. The highest BCUT2D eigenvalue weighted by atomic mass is 79.9. The Morgan fingerprint density at radius 1 is 0.763 bits per heavy atom. The predicted octanol–water partition coefficient (Wildman–Crippen LogP) is 7.89. The van der Waals surface area contributed by atoms with Gasteiger partial charge in [0.1, 0.15) is 0 Å². The lowest BCUT2D eigenvalue weighted by Gasteiger charge is -2.35. The second-order valence-corrected chi connectivity index (χ2v) is 11.8. The van der Waals surface area contributed by atoms with Crippen LogP contribution in [0, 0.1) is 0 Å². The fourth-order valence-corrected chi connectivity index (χ4v) is 6.78. The van der Waals surface area contributed by atoms with Crippen LogP contribution in [0.3, 0.4) is 0 Å². The van der Waals surface area contributed by atoms with Crippen molar-refractivity contribution in [2.24, 2.45) is 0 Å².